The van der Waals surface area contributed by atoms with Crippen molar-refractivity contribution >= 4 is 67.4 Å². The van der Waals surface area contributed by atoms with Crippen LogP contribution in [-0.2, 0) is 16.2 Å². The van der Waals surface area contributed by atoms with Crippen molar-refractivity contribution in [3.05, 3.63) is 91.9 Å². The zero-order chi connectivity index (χ0) is 26.7. The maximum atomic E-state index is 13.2. The molecule has 0 radical (unpaired) electrons. The minimum atomic E-state index is -1.02. The number of hydrogen-bond acceptors (Lipinski definition) is 6. The highest BCUT2D eigenvalue weighted by Crippen LogP contribution is 2.36. The molecule has 0 aliphatic carbocycles. The summed E-state index contributed by atoms with van der Waals surface area (Å²) in [4.78, 5) is 50.0. The zero-order valence-electron chi connectivity index (χ0n) is 19.2. The third-order valence-corrected chi connectivity index (χ3v) is 6.58. The van der Waals surface area contributed by atoms with E-state index in [-0.39, 0.29) is 17.7 Å². The van der Waals surface area contributed by atoms with E-state index in [1.54, 1.807) is 48.5 Å². The summed E-state index contributed by atoms with van der Waals surface area (Å²) in [5.74, 6) is -1.89. The SMILES string of the molecule is COc1cc(/C=C2\C(=O)NC(=O)N(c3ccc(Br)cc3)C2=O)c(Br)cc1OCc1ccc(C(=O)O)cc1. The number of anilines is 1. The van der Waals surface area contributed by atoms with Crippen molar-refractivity contribution in [1.29, 1.82) is 0 Å². The summed E-state index contributed by atoms with van der Waals surface area (Å²) in [6, 6.07) is 15.1. The van der Waals surface area contributed by atoms with Crippen LogP contribution in [0, 0.1) is 0 Å². The van der Waals surface area contributed by atoms with E-state index in [1.807, 2.05) is 0 Å². The zero-order valence-corrected chi connectivity index (χ0v) is 22.3. The van der Waals surface area contributed by atoms with Crippen LogP contribution in [0.1, 0.15) is 21.5 Å². The number of imide groups is 2. The number of hydrogen-bond donors (Lipinski definition) is 2. The monoisotopic (exact) mass is 628 g/mol. The van der Waals surface area contributed by atoms with Crippen molar-refractivity contribution in [2.75, 3.05) is 12.0 Å². The molecule has 0 spiro atoms. The maximum absolute atomic E-state index is 13.2. The van der Waals surface area contributed by atoms with E-state index in [9.17, 15) is 19.2 Å². The molecule has 2 N–H and O–H groups in total. The quantitative estimate of drug-likeness (QED) is 0.273. The Morgan fingerprint density at radius 3 is 2.30 bits per heavy atom. The van der Waals surface area contributed by atoms with E-state index < -0.39 is 23.8 Å². The molecule has 11 heteroatoms. The number of ether oxygens (including phenoxy) is 2. The second kappa shape index (κ2) is 11.0. The van der Waals surface area contributed by atoms with E-state index in [4.69, 9.17) is 14.6 Å². The number of carboxylic acids is 1. The number of amides is 4. The lowest BCUT2D eigenvalue weighted by Crippen LogP contribution is -2.54. The minimum absolute atomic E-state index is 0.147. The van der Waals surface area contributed by atoms with Gasteiger partial charge in [-0.1, -0.05) is 44.0 Å². The first-order valence-corrected chi connectivity index (χ1v) is 12.3. The number of carboxylic acid groups (broad SMARTS) is 1. The first-order chi connectivity index (χ1) is 17.7. The van der Waals surface area contributed by atoms with E-state index in [0.29, 0.717) is 27.2 Å². The third kappa shape index (κ3) is 5.73. The third-order valence-electron chi connectivity index (χ3n) is 5.36. The van der Waals surface area contributed by atoms with Crippen molar-refractivity contribution in [2.45, 2.75) is 6.61 Å². The first kappa shape index (κ1) is 26.1. The molecule has 188 valence electrons. The van der Waals surface area contributed by atoms with Gasteiger partial charge in [-0.05, 0) is 65.7 Å². The molecule has 0 atom stereocenters. The molecule has 0 aromatic heterocycles. The molecular formula is C26H18Br2N2O7. The predicted octanol–water partition coefficient (Wildman–Crippen LogP) is 5.16. The Labute approximate surface area is 227 Å². The number of halogens is 2. The predicted molar refractivity (Wildman–Crippen MR) is 142 cm³/mol. The Kier molecular flexibility index (Phi) is 7.74. The highest BCUT2D eigenvalue weighted by molar-refractivity contribution is 9.10. The summed E-state index contributed by atoms with van der Waals surface area (Å²) in [5.41, 5.74) is 1.43. The van der Waals surface area contributed by atoms with Gasteiger partial charge in [0.25, 0.3) is 11.8 Å². The standard InChI is InChI=1S/C26H18Br2N2O7/c1-36-21-11-16(20(28)12-22(21)37-13-14-2-4-15(5-3-14)25(33)34)10-19-23(31)29-26(35)30(24(19)32)18-8-6-17(27)7-9-18/h2-12H,13H2,1H3,(H,33,34)(H,29,31,35)/b19-10+. The number of carbonyl (C=O) groups is 4. The van der Waals surface area contributed by atoms with Crippen LogP contribution in [0.3, 0.4) is 0 Å². The highest BCUT2D eigenvalue weighted by Gasteiger charge is 2.37. The second-order valence-corrected chi connectivity index (χ2v) is 9.52. The van der Waals surface area contributed by atoms with Crippen molar-refractivity contribution in [3.63, 3.8) is 0 Å². The normalized spacial score (nSPS) is 14.5. The van der Waals surface area contributed by atoms with Gasteiger partial charge in [0, 0.05) is 8.95 Å². The van der Waals surface area contributed by atoms with Gasteiger partial charge in [-0.2, -0.15) is 0 Å². The summed E-state index contributed by atoms with van der Waals surface area (Å²) < 4.78 is 12.6. The number of nitrogens with one attached hydrogen (secondary N) is 1. The van der Waals surface area contributed by atoms with Gasteiger partial charge >= 0.3 is 12.0 Å². The molecule has 9 nitrogen and oxygen atoms in total. The van der Waals surface area contributed by atoms with Crippen molar-refractivity contribution in [2.24, 2.45) is 0 Å². The molecule has 4 rings (SSSR count). The number of barbiturate groups is 1. The fourth-order valence-corrected chi connectivity index (χ4v) is 4.18. The van der Waals surface area contributed by atoms with Gasteiger partial charge in [0.15, 0.2) is 11.5 Å². The molecule has 1 fully saturated rings. The molecule has 1 aliphatic rings. The molecule has 0 saturated carbocycles. The number of benzene rings is 3. The Morgan fingerprint density at radius 1 is 1.00 bits per heavy atom. The lowest BCUT2D eigenvalue weighted by molar-refractivity contribution is -0.122. The van der Waals surface area contributed by atoms with Gasteiger partial charge in [0.1, 0.15) is 12.2 Å². The summed E-state index contributed by atoms with van der Waals surface area (Å²) in [5, 5.41) is 11.2. The number of urea groups is 1. The molecule has 3 aromatic carbocycles. The van der Waals surface area contributed by atoms with Crippen LogP contribution in [0.4, 0.5) is 10.5 Å². The van der Waals surface area contributed by atoms with E-state index in [2.05, 4.69) is 37.2 Å². The van der Waals surface area contributed by atoms with Gasteiger partial charge in [-0.25, -0.2) is 14.5 Å². The lowest BCUT2D eigenvalue weighted by Gasteiger charge is -2.26. The molecule has 1 saturated heterocycles. The Bertz CT molecular complexity index is 1430. The Balaban J connectivity index is 1.60. The largest absolute Gasteiger partial charge is 0.493 e. The second-order valence-electron chi connectivity index (χ2n) is 7.75. The first-order valence-electron chi connectivity index (χ1n) is 10.7. The van der Waals surface area contributed by atoms with Crippen LogP contribution in [-0.4, -0.2) is 36.0 Å². The molecule has 3 aromatic rings. The fraction of sp³-hybridized carbons (Fsp3) is 0.0769. The molecule has 37 heavy (non-hydrogen) atoms. The Morgan fingerprint density at radius 2 is 1.68 bits per heavy atom. The molecule has 1 heterocycles. The molecule has 4 amide bonds. The Hall–Kier alpha value is -3.96. The van der Waals surface area contributed by atoms with Gasteiger partial charge in [0.05, 0.1) is 18.4 Å². The van der Waals surface area contributed by atoms with Crippen LogP contribution in [0.5, 0.6) is 11.5 Å². The molecular weight excluding hydrogens is 612 g/mol. The summed E-state index contributed by atoms with van der Waals surface area (Å²) in [6.45, 7) is 0.147. The van der Waals surface area contributed by atoms with Crippen LogP contribution in [0.2, 0.25) is 0 Å². The number of methoxy groups -OCH3 is 1. The van der Waals surface area contributed by atoms with Crippen LogP contribution in [0.25, 0.3) is 6.08 Å². The number of carbonyl (C=O) groups excluding carboxylic acids is 3. The lowest BCUT2D eigenvalue weighted by atomic mass is 10.1. The fourth-order valence-electron chi connectivity index (χ4n) is 3.48. The van der Waals surface area contributed by atoms with Crippen molar-refractivity contribution in [1.82, 2.24) is 5.32 Å². The van der Waals surface area contributed by atoms with E-state index >= 15 is 0 Å². The van der Waals surface area contributed by atoms with Gasteiger partial charge < -0.3 is 14.6 Å². The van der Waals surface area contributed by atoms with E-state index in [1.165, 1.54) is 25.3 Å². The maximum Gasteiger partial charge on any atom is 0.335 e. The molecule has 1 aliphatic heterocycles. The minimum Gasteiger partial charge on any atom is -0.493 e. The van der Waals surface area contributed by atoms with Crippen LogP contribution >= 0.6 is 31.9 Å². The summed E-state index contributed by atoms with van der Waals surface area (Å²) in [7, 11) is 1.45. The van der Waals surface area contributed by atoms with Gasteiger partial charge in [-0.3, -0.25) is 14.9 Å². The average molecular weight is 630 g/mol. The topological polar surface area (TPSA) is 122 Å². The van der Waals surface area contributed by atoms with Crippen molar-refractivity contribution < 1.29 is 33.8 Å². The molecule has 0 unspecified atom stereocenters. The van der Waals surface area contributed by atoms with Crippen LogP contribution in [0.15, 0.2) is 75.2 Å². The van der Waals surface area contributed by atoms with Gasteiger partial charge in [-0.15, -0.1) is 0 Å². The number of nitrogens with zero attached hydrogens (tertiary/aromatic N) is 1. The molecule has 0 bridgehead atoms. The summed E-state index contributed by atoms with van der Waals surface area (Å²) in [6.07, 6.45) is 1.36. The number of rotatable bonds is 7. The van der Waals surface area contributed by atoms with Gasteiger partial charge in [0.2, 0.25) is 0 Å². The average Bonchev–Trinajstić information content (AvgIpc) is 2.87. The smallest absolute Gasteiger partial charge is 0.335 e. The number of aromatic carboxylic acids is 1. The van der Waals surface area contributed by atoms with Crippen molar-refractivity contribution in [3.8, 4) is 11.5 Å². The van der Waals surface area contributed by atoms with E-state index in [0.717, 1.165) is 14.9 Å². The summed E-state index contributed by atoms with van der Waals surface area (Å²) >= 11 is 6.74. The van der Waals surface area contributed by atoms with Crippen LogP contribution < -0.4 is 19.7 Å². The highest BCUT2D eigenvalue weighted by atomic mass is 79.9.